The second kappa shape index (κ2) is 6.69. The summed E-state index contributed by atoms with van der Waals surface area (Å²) in [5, 5.41) is 6.24. The minimum atomic E-state index is -0.825. The molecule has 0 saturated carbocycles. The van der Waals surface area contributed by atoms with Crippen LogP contribution in [0.15, 0.2) is 23.5 Å². The van der Waals surface area contributed by atoms with E-state index in [1.807, 2.05) is 0 Å². The molecule has 0 unspecified atom stereocenters. The molecule has 0 fully saturated rings. The van der Waals surface area contributed by atoms with Crippen LogP contribution in [0.5, 0.6) is 0 Å². The SMILES string of the molecule is CCOC(=O)/N=C(/NC(=O)OC(C)(C)C)n1cccn1. The smallest absolute Gasteiger partial charge is 0.436 e. The van der Waals surface area contributed by atoms with Crippen molar-refractivity contribution < 1.29 is 19.1 Å². The molecule has 1 heterocycles. The van der Waals surface area contributed by atoms with Gasteiger partial charge in [0.15, 0.2) is 0 Å². The first-order chi connectivity index (χ1) is 9.31. The predicted molar refractivity (Wildman–Crippen MR) is 71.5 cm³/mol. The fourth-order valence-corrected chi connectivity index (χ4v) is 1.17. The summed E-state index contributed by atoms with van der Waals surface area (Å²) in [5.41, 5.74) is -0.663. The molecular formula is C12H18N4O4. The van der Waals surface area contributed by atoms with Crippen LogP contribution in [0.1, 0.15) is 27.7 Å². The Bertz CT molecular complexity index is 488. The molecule has 0 aliphatic rings. The summed E-state index contributed by atoms with van der Waals surface area (Å²) in [6, 6.07) is 1.62. The van der Waals surface area contributed by atoms with Gasteiger partial charge in [0.05, 0.1) is 6.61 Å². The highest BCUT2D eigenvalue weighted by molar-refractivity contribution is 5.99. The van der Waals surface area contributed by atoms with Gasteiger partial charge in [-0.15, -0.1) is 4.99 Å². The van der Waals surface area contributed by atoms with Crippen LogP contribution in [0, 0.1) is 0 Å². The van der Waals surface area contributed by atoms with E-state index in [2.05, 4.69) is 15.4 Å². The Morgan fingerprint density at radius 2 is 2.10 bits per heavy atom. The quantitative estimate of drug-likeness (QED) is 0.625. The van der Waals surface area contributed by atoms with Crippen LogP contribution in [0.25, 0.3) is 0 Å². The summed E-state index contributed by atoms with van der Waals surface area (Å²) < 4.78 is 11.0. The Balaban J connectivity index is 2.85. The molecule has 8 nitrogen and oxygen atoms in total. The number of nitrogens with one attached hydrogen (secondary N) is 1. The highest BCUT2D eigenvalue weighted by Crippen LogP contribution is 2.06. The molecule has 0 atom stereocenters. The monoisotopic (exact) mass is 282 g/mol. The van der Waals surface area contributed by atoms with E-state index in [0.29, 0.717) is 0 Å². The maximum Gasteiger partial charge on any atom is 0.436 e. The van der Waals surface area contributed by atoms with Crippen LogP contribution in [-0.2, 0) is 9.47 Å². The number of amides is 2. The normalized spacial score (nSPS) is 11.9. The summed E-state index contributed by atoms with van der Waals surface area (Å²) in [6.07, 6.45) is 1.44. The van der Waals surface area contributed by atoms with Crippen molar-refractivity contribution in [2.24, 2.45) is 4.99 Å². The van der Waals surface area contributed by atoms with Gasteiger partial charge in [0.25, 0.3) is 0 Å². The molecular weight excluding hydrogens is 264 g/mol. The molecule has 0 aliphatic heterocycles. The van der Waals surface area contributed by atoms with Crippen LogP contribution in [0.4, 0.5) is 9.59 Å². The largest absolute Gasteiger partial charge is 0.448 e. The first-order valence-corrected chi connectivity index (χ1v) is 6.07. The van der Waals surface area contributed by atoms with Crippen LogP contribution >= 0.6 is 0 Å². The third-order valence-corrected chi connectivity index (χ3v) is 1.80. The number of hydrogen-bond acceptors (Lipinski definition) is 5. The molecule has 0 aromatic carbocycles. The third-order valence-electron chi connectivity index (χ3n) is 1.80. The number of aromatic nitrogens is 2. The van der Waals surface area contributed by atoms with Gasteiger partial charge in [-0.3, -0.25) is 5.32 Å². The lowest BCUT2D eigenvalue weighted by Crippen LogP contribution is -2.40. The fourth-order valence-electron chi connectivity index (χ4n) is 1.17. The predicted octanol–water partition coefficient (Wildman–Crippen LogP) is 1.77. The van der Waals surface area contributed by atoms with Gasteiger partial charge < -0.3 is 9.47 Å². The van der Waals surface area contributed by atoms with Crippen molar-refractivity contribution in [2.45, 2.75) is 33.3 Å². The van der Waals surface area contributed by atoms with E-state index in [-0.39, 0.29) is 12.6 Å². The van der Waals surface area contributed by atoms with Gasteiger partial charge in [-0.05, 0) is 33.8 Å². The first kappa shape index (κ1) is 15.7. The third kappa shape index (κ3) is 5.51. The second-order valence-corrected chi connectivity index (χ2v) is 4.71. The van der Waals surface area contributed by atoms with E-state index in [1.165, 1.54) is 17.1 Å². The van der Waals surface area contributed by atoms with Gasteiger partial charge in [0, 0.05) is 12.4 Å². The van der Waals surface area contributed by atoms with E-state index in [0.717, 1.165) is 0 Å². The number of hydrogen-bond donors (Lipinski definition) is 1. The molecule has 2 amide bonds. The van der Waals surface area contributed by atoms with Crippen molar-refractivity contribution in [3.05, 3.63) is 18.5 Å². The van der Waals surface area contributed by atoms with Crippen molar-refractivity contribution in [3.8, 4) is 0 Å². The Morgan fingerprint density at radius 1 is 1.40 bits per heavy atom. The van der Waals surface area contributed by atoms with Crippen LogP contribution in [0.3, 0.4) is 0 Å². The van der Waals surface area contributed by atoms with Crippen LogP contribution in [0.2, 0.25) is 0 Å². The van der Waals surface area contributed by atoms with Gasteiger partial charge >= 0.3 is 12.2 Å². The number of nitrogens with zero attached hydrogens (tertiary/aromatic N) is 3. The lowest BCUT2D eigenvalue weighted by molar-refractivity contribution is 0.0561. The van der Waals surface area contributed by atoms with Crippen molar-refractivity contribution in [2.75, 3.05) is 6.61 Å². The molecule has 1 N–H and O–H groups in total. The number of carbonyl (C=O) groups excluding carboxylic acids is 2. The highest BCUT2D eigenvalue weighted by atomic mass is 16.6. The Kier molecular flexibility index (Phi) is 5.24. The van der Waals surface area contributed by atoms with E-state index in [4.69, 9.17) is 9.47 Å². The number of rotatable bonds is 1. The lowest BCUT2D eigenvalue weighted by Gasteiger charge is -2.19. The molecule has 20 heavy (non-hydrogen) atoms. The number of aliphatic imine (C=N–C) groups is 1. The lowest BCUT2D eigenvalue weighted by atomic mass is 10.2. The van der Waals surface area contributed by atoms with Gasteiger partial charge in [-0.25, -0.2) is 14.3 Å². The number of alkyl carbamates (subject to hydrolysis) is 1. The summed E-state index contributed by atoms with van der Waals surface area (Å²) in [4.78, 5) is 26.7. The van der Waals surface area contributed by atoms with E-state index < -0.39 is 17.8 Å². The maximum atomic E-state index is 11.7. The van der Waals surface area contributed by atoms with E-state index in [1.54, 1.807) is 33.8 Å². The summed E-state index contributed by atoms with van der Waals surface area (Å²) in [5.74, 6) is -0.0947. The molecule has 1 aromatic rings. The van der Waals surface area contributed by atoms with Gasteiger partial charge in [0.2, 0.25) is 5.96 Å². The summed E-state index contributed by atoms with van der Waals surface area (Å²) in [7, 11) is 0. The minimum Gasteiger partial charge on any atom is -0.448 e. The zero-order chi connectivity index (χ0) is 15.2. The Labute approximate surface area is 116 Å². The van der Waals surface area contributed by atoms with Gasteiger partial charge in [0.1, 0.15) is 5.60 Å². The van der Waals surface area contributed by atoms with Crippen molar-refractivity contribution in [1.29, 1.82) is 0 Å². The van der Waals surface area contributed by atoms with Gasteiger partial charge in [-0.2, -0.15) is 5.10 Å². The van der Waals surface area contributed by atoms with Gasteiger partial charge in [-0.1, -0.05) is 0 Å². The summed E-state index contributed by atoms with van der Waals surface area (Å²) in [6.45, 7) is 7.01. The molecule has 110 valence electrons. The second-order valence-electron chi connectivity index (χ2n) is 4.71. The number of carbonyl (C=O) groups is 2. The highest BCUT2D eigenvalue weighted by Gasteiger charge is 2.19. The van der Waals surface area contributed by atoms with Crippen LogP contribution < -0.4 is 5.32 Å². The van der Waals surface area contributed by atoms with Crippen molar-refractivity contribution >= 4 is 18.1 Å². The fraction of sp³-hybridized carbons (Fsp3) is 0.500. The average Bonchev–Trinajstić information content (AvgIpc) is 2.78. The van der Waals surface area contributed by atoms with Crippen molar-refractivity contribution in [3.63, 3.8) is 0 Å². The molecule has 0 bridgehead atoms. The molecule has 1 rings (SSSR count). The minimum absolute atomic E-state index is 0.0947. The Morgan fingerprint density at radius 3 is 2.60 bits per heavy atom. The zero-order valence-corrected chi connectivity index (χ0v) is 11.9. The van der Waals surface area contributed by atoms with E-state index in [9.17, 15) is 9.59 Å². The molecule has 8 heteroatoms. The van der Waals surface area contributed by atoms with Crippen LogP contribution in [-0.4, -0.2) is 40.1 Å². The molecule has 0 saturated heterocycles. The standard InChI is InChI=1S/C12H18N4O4/c1-5-19-10(17)14-9(16-8-6-7-13-16)15-11(18)20-12(2,3)4/h6-8H,5H2,1-4H3,(H,14,15,17,18). The topological polar surface area (TPSA) is 94.8 Å². The zero-order valence-electron chi connectivity index (χ0n) is 11.9. The molecule has 1 aromatic heterocycles. The Hall–Kier alpha value is -2.38. The first-order valence-electron chi connectivity index (χ1n) is 6.07. The summed E-state index contributed by atoms with van der Waals surface area (Å²) >= 11 is 0. The molecule has 0 aliphatic carbocycles. The molecule has 0 spiro atoms. The van der Waals surface area contributed by atoms with E-state index >= 15 is 0 Å². The maximum absolute atomic E-state index is 11.7. The number of ether oxygens (including phenoxy) is 2. The average molecular weight is 282 g/mol. The molecule has 0 radical (unpaired) electrons. The van der Waals surface area contributed by atoms with Crippen molar-refractivity contribution in [1.82, 2.24) is 15.1 Å².